The highest BCUT2D eigenvalue weighted by molar-refractivity contribution is 5.85. The molecule has 1 aromatic rings. The minimum absolute atomic E-state index is 0.169. The van der Waals surface area contributed by atoms with Gasteiger partial charge in [0.15, 0.2) is 6.61 Å². The topological polar surface area (TPSA) is 77.5 Å². The maximum atomic E-state index is 11.8. The SMILES string of the molecule is COC(=O)C(CC(C)C)NC(=O)COc1cccnc1. The first-order valence-electron chi connectivity index (χ1n) is 6.43. The third-order valence-corrected chi connectivity index (χ3v) is 2.53. The molecule has 0 fully saturated rings. The number of aromatic nitrogens is 1. The average Bonchev–Trinajstić information content (AvgIpc) is 2.44. The molecule has 0 aliphatic heterocycles. The van der Waals surface area contributed by atoms with Gasteiger partial charge in [-0.1, -0.05) is 13.8 Å². The molecule has 1 N–H and O–H groups in total. The summed E-state index contributed by atoms with van der Waals surface area (Å²) in [6.45, 7) is 3.76. The van der Waals surface area contributed by atoms with Gasteiger partial charge >= 0.3 is 5.97 Å². The van der Waals surface area contributed by atoms with Gasteiger partial charge in [0.1, 0.15) is 11.8 Å². The Balaban J connectivity index is 2.47. The fourth-order valence-electron chi connectivity index (χ4n) is 1.65. The fraction of sp³-hybridized carbons (Fsp3) is 0.500. The molecular weight excluding hydrogens is 260 g/mol. The van der Waals surface area contributed by atoms with E-state index in [2.05, 4.69) is 15.0 Å². The van der Waals surface area contributed by atoms with Crippen LogP contribution in [0.2, 0.25) is 0 Å². The zero-order chi connectivity index (χ0) is 15.0. The van der Waals surface area contributed by atoms with Gasteiger partial charge in [0.2, 0.25) is 0 Å². The lowest BCUT2D eigenvalue weighted by molar-refractivity contribution is -0.145. The van der Waals surface area contributed by atoms with Gasteiger partial charge < -0.3 is 14.8 Å². The van der Waals surface area contributed by atoms with Crippen molar-refractivity contribution in [2.75, 3.05) is 13.7 Å². The first-order valence-corrected chi connectivity index (χ1v) is 6.43. The van der Waals surface area contributed by atoms with Crippen LogP contribution in [0.4, 0.5) is 0 Å². The first kappa shape index (κ1) is 15.9. The van der Waals surface area contributed by atoms with Crippen molar-refractivity contribution in [2.24, 2.45) is 5.92 Å². The number of hydrogen-bond acceptors (Lipinski definition) is 5. The molecule has 1 atom stereocenters. The van der Waals surface area contributed by atoms with E-state index in [1.807, 2.05) is 13.8 Å². The number of carbonyl (C=O) groups excluding carboxylic acids is 2. The van der Waals surface area contributed by atoms with Crippen LogP contribution in [0.15, 0.2) is 24.5 Å². The number of rotatable bonds is 7. The summed E-state index contributed by atoms with van der Waals surface area (Å²) in [7, 11) is 1.30. The molecule has 0 saturated heterocycles. The summed E-state index contributed by atoms with van der Waals surface area (Å²) < 4.78 is 9.93. The van der Waals surface area contributed by atoms with Crippen molar-refractivity contribution < 1.29 is 19.1 Å². The van der Waals surface area contributed by atoms with E-state index < -0.39 is 12.0 Å². The van der Waals surface area contributed by atoms with Gasteiger partial charge in [-0.2, -0.15) is 0 Å². The smallest absolute Gasteiger partial charge is 0.328 e. The molecule has 1 rings (SSSR count). The van der Waals surface area contributed by atoms with Crippen molar-refractivity contribution >= 4 is 11.9 Å². The Morgan fingerprint density at radius 3 is 2.70 bits per heavy atom. The number of carbonyl (C=O) groups is 2. The van der Waals surface area contributed by atoms with Gasteiger partial charge in [0, 0.05) is 6.20 Å². The second kappa shape index (κ2) is 8.14. The Morgan fingerprint density at radius 1 is 1.40 bits per heavy atom. The molecule has 1 aromatic heterocycles. The van der Waals surface area contributed by atoms with Crippen LogP contribution in [0.1, 0.15) is 20.3 Å². The van der Waals surface area contributed by atoms with Crippen LogP contribution in [0.3, 0.4) is 0 Å². The summed E-state index contributed by atoms with van der Waals surface area (Å²) in [5.74, 6) is -0.0573. The molecule has 1 heterocycles. The van der Waals surface area contributed by atoms with E-state index in [1.165, 1.54) is 13.3 Å². The van der Waals surface area contributed by atoms with E-state index >= 15 is 0 Å². The molecule has 20 heavy (non-hydrogen) atoms. The van der Waals surface area contributed by atoms with Crippen molar-refractivity contribution in [1.82, 2.24) is 10.3 Å². The third kappa shape index (κ3) is 5.69. The molecule has 0 saturated carbocycles. The molecule has 0 aliphatic carbocycles. The monoisotopic (exact) mass is 280 g/mol. The van der Waals surface area contributed by atoms with Crippen LogP contribution < -0.4 is 10.1 Å². The lowest BCUT2D eigenvalue weighted by atomic mass is 10.0. The molecule has 6 heteroatoms. The second-order valence-electron chi connectivity index (χ2n) is 4.75. The molecule has 6 nitrogen and oxygen atoms in total. The average molecular weight is 280 g/mol. The highest BCUT2D eigenvalue weighted by atomic mass is 16.5. The number of pyridine rings is 1. The Bertz CT molecular complexity index is 434. The third-order valence-electron chi connectivity index (χ3n) is 2.53. The van der Waals surface area contributed by atoms with Gasteiger partial charge in [0.05, 0.1) is 13.3 Å². The van der Waals surface area contributed by atoms with Gasteiger partial charge in [-0.15, -0.1) is 0 Å². The van der Waals surface area contributed by atoms with Crippen molar-refractivity contribution in [3.05, 3.63) is 24.5 Å². The molecule has 1 amide bonds. The number of nitrogens with one attached hydrogen (secondary N) is 1. The highest BCUT2D eigenvalue weighted by Crippen LogP contribution is 2.07. The molecular formula is C14H20N2O4. The van der Waals surface area contributed by atoms with E-state index in [1.54, 1.807) is 18.3 Å². The van der Waals surface area contributed by atoms with Crippen LogP contribution in [0.5, 0.6) is 5.75 Å². The number of ether oxygens (including phenoxy) is 2. The van der Waals surface area contributed by atoms with Crippen LogP contribution in [-0.4, -0.2) is 36.6 Å². The maximum absolute atomic E-state index is 11.8. The quantitative estimate of drug-likeness (QED) is 0.758. The zero-order valence-corrected chi connectivity index (χ0v) is 12.0. The summed E-state index contributed by atoms with van der Waals surface area (Å²) in [4.78, 5) is 27.2. The first-order chi connectivity index (χ1) is 9.52. The normalized spacial score (nSPS) is 11.8. The van der Waals surface area contributed by atoms with Crippen molar-refractivity contribution in [2.45, 2.75) is 26.3 Å². The van der Waals surface area contributed by atoms with Gasteiger partial charge in [0.25, 0.3) is 5.91 Å². The number of nitrogens with zero attached hydrogens (tertiary/aromatic N) is 1. The highest BCUT2D eigenvalue weighted by Gasteiger charge is 2.22. The van der Waals surface area contributed by atoms with Gasteiger partial charge in [-0.05, 0) is 24.5 Å². The Morgan fingerprint density at radius 2 is 2.15 bits per heavy atom. The molecule has 1 unspecified atom stereocenters. The Kier molecular flexibility index (Phi) is 6.49. The lowest BCUT2D eigenvalue weighted by Gasteiger charge is -2.18. The van der Waals surface area contributed by atoms with Crippen LogP contribution in [0.25, 0.3) is 0 Å². The predicted molar refractivity (Wildman–Crippen MR) is 73.1 cm³/mol. The molecule has 0 spiro atoms. The van der Waals surface area contributed by atoms with E-state index in [4.69, 9.17) is 4.74 Å². The predicted octanol–water partition coefficient (Wildman–Crippen LogP) is 1.16. The summed E-state index contributed by atoms with van der Waals surface area (Å²) in [5.41, 5.74) is 0. The zero-order valence-electron chi connectivity index (χ0n) is 12.0. The van der Waals surface area contributed by atoms with E-state index in [0.29, 0.717) is 12.2 Å². The van der Waals surface area contributed by atoms with Crippen molar-refractivity contribution in [3.8, 4) is 5.75 Å². The standard InChI is InChI=1S/C14H20N2O4/c1-10(2)7-12(14(18)19-3)16-13(17)9-20-11-5-4-6-15-8-11/h4-6,8,10,12H,7,9H2,1-3H3,(H,16,17). The van der Waals surface area contributed by atoms with E-state index in [0.717, 1.165) is 0 Å². The second-order valence-corrected chi connectivity index (χ2v) is 4.75. The van der Waals surface area contributed by atoms with Crippen molar-refractivity contribution in [3.63, 3.8) is 0 Å². The van der Waals surface area contributed by atoms with Crippen LogP contribution >= 0.6 is 0 Å². The molecule has 0 radical (unpaired) electrons. The largest absolute Gasteiger partial charge is 0.482 e. The molecule has 0 aliphatic rings. The maximum Gasteiger partial charge on any atom is 0.328 e. The summed E-state index contributed by atoms with van der Waals surface area (Å²) >= 11 is 0. The summed E-state index contributed by atoms with van der Waals surface area (Å²) in [5, 5.41) is 2.61. The van der Waals surface area contributed by atoms with E-state index in [9.17, 15) is 9.59 Å². The number of methoxy groups -OCH3 is 1. The van der Waals surface area contributed by atoms with Crippen LogP contribution in [-0.2, 0) is 14.3 Å². The van der Waals surface area contributed by atoms with Gasteiger partial charge in [-0.3, -0.25) is 9.78 Å². The Hall–Kier alpha value is -2.11. The minimum atomic E-state index is -0.648. The molecule has 0 bridgehead atoms. The minimum Gasteiger partial charge on any atom is -0.482 e. The van der Waals surface area contributed by atoms with Crippen LogP contribution in [0, 0.1) is 5.92 Å². The number of amides is 1. The number of esters is 1. The molecule has 0 aromatic carbocycles. The fourth-order valence-corrected chi connectivity index (χ4v) is 1.65. The lowest BCUT2D eigenvalue weighted by Crippen LogP contribution is -2.44. The van der Waals surface area contributed by atoms with Crippen molar-refractivity contribution in [1.29, 1.82) is 0 Å². The Labute approximate surface area is 118 Å². The summed E-state index contributed by atoms with van der Waals surface area (Å²) in [6, 6.07) is 2.76. The molecule has 110 valence electrons. The number of hydrogen-bond donors (Lipinski definition) is 1. The van der Waals surface area contributed by atoms with E-state index in [-0.39, 0.29) is 18.4 Å². The summed E-state index contributed by atoms with van der Waals surface area (Å²) in [6.07, 6.45) is 3.65. The van der Waals surface area contributed by atoms with Gasteiger partial charge in [-0.25, -0.2) is 4.79 Å².